The van der Waals surface area contributed by atoms with E-state index in [9.17, 15) is 82.0 Å². The van der Waals surface area contributed by atoms with Crippen LogP contribution in [0.25, 0.3) is 0 Å². The van der Waals surface area contributed by atoms with Crippen molar-refractivity contribution >= 4 is 104 Å². The number of carbonyl (C=O) groups is 16. The Labute approximate surface area is 739 Å². The van der Waals surface area contributed by atoms with Gasteiger partial charge in [-0.3, -0.25) is 81.6 Å². The topological polar surface area (TPSA) is 572 Å². The molecular weight excluding hydrogens is 1710 g/mol. The van der Waals surface area contributed by atoms with Crippen molar-refractivity contribution in [3.63, 3.8) is 0 Å². The standard InChI is InChI=1S/C80H129N10O36P/c1-45(2)90(46(3)4)127(116-30-19-25-81)126-60-23-21-59(22-24-60)76(105)84-26-18-17-20-61(77(106)85-29-33-109-36-39-112-80-69(88-49(7)93)75(122-58(16)102)72(119-55(13)99)64(125-80)44-115-52(10)96)89(40-65(103)82-27-31-107-34-37-110-78-67(86-47(5)91)73(120-56(14)100)70(117-53(11)97)62(123-78)42-113-50(8)94)41-66(104)83-28-32-108-35-38-111-79-68(87-48(6)92)74(121-57(15)101)71(118-54(12)98)63(124-79)43-114-51(9)95/h45-46,59-64,67-75,78-80H,17-24,26-44H2,1-16H3,(H,82,103)(H,83,104)(H,84,105)(H,85,106)(H,86,91)(H,87,92)(H,88,93). The van der Waals surface area contributed by atoms with Crippen molar-refractivity contribution in [2.24, 2.45) is 5.92 Å². The second kappa shape index (κ2) is 59.2. The van der Waals surface area contributed by atoms with Crippen LogP contribution in [-0.4, -0.2) is 346 Å². The van der Waals surface area contributed by atoms with Crippen LogP contribution in [0.3, 0.4) is 0 Å². The summed E-state index contributed by atoms with van der Waals surface area (Å²) >= 11 is 0. The van der Waals surface area contributed by atoms with E-state index in [4.69, 9.17) is 94.3 Å². The van der Waals surface area contributed by atoms with Crippen LogP contribution >= 0.6 is 8.53 Å². The minimum Gasteiger partial charge on any atom is -0.463 e. The molecule has 0 aromatic rings. The van der Waals surface area contributed by atoms with E-state index in [1.54, 1.807) is 0 Å². The fourth-order valence-electron chi connectivity index (χ4n) is 14.1. The molecular formula is C80H129N10O36P. The molecule has 4 rings (SSSR count). The Kier molecular flexibility index (Phi) is 51.4. The number of nitrogens with zero attached hydrogens (tertiary/aromatic N) is 3. The number of hydrogen-bond donors (Lipinski definition) is 7. The largest absolute Gasteiger partial charge is 0.463 e. The van der Waals surface area contributed by atoms with Crippen LogP contribution < -0.4 is 37.2 Å². The molecule has 17 atom stereocenters. The number of nitriles is 1. The molecule has 0 aromatic carbocycles. The first-order valence-corrected chi connectivity index (χ1v) is 43.2. The average molecular weight is 1840 g/mol. The summed E-state index contributed by atoms with van der Waals surface area (Å²) in [5.41, 5.74) is 0. The fourth-order valence-corrected chi connectivity index (χ4v) is 15.8. The highest BCUT2D eigenvalue weighted by Crippen LogP contribution is 2.49. The Bertz CT molecular complexity index is 3470. The van der Waals surface area contributed by atoms with Gasteiger partial charge < -0.3 is 132 Å². The van der Waals surface area contributed by atoms with Gasteiger partial charge in [0.1, 0.15) is 56.3 Å². The van der Waals surface area contributed by atoms with Crippen LogP contribution in [0.2, 0.25) is 0 Å². The number of rotatable bonds is 56. The van der Waals surface area contributed by atoms with Gasteiger partial charge in [-0.05, 0) is 72.6 Å². The SMILES string of the molecule is CC(=O)NC1C(OCCOCCNC(=O)CN(CC(=O)NCCOCCOC2OC(COC(C)=O)C(OC(C)=O)C(OC(C)=O)C2NC(C)=O)C(CCCCNC(=O)C2CCC(OP(OCCC#N)N(C(C)C)C(C)C)CC2)C(=O)NCCOCCOC2OC(COC(C)=O)C(OC(C)=O)C(OC(C)=O)C2NC(C)=O)OC(COC(C)=O)C(OC(C)=O)C1OC(C)=O. The highest BCUT2D eigenvalue weighted by Gasteiger charge is 2.55. The molecule has 3 saturated heterocycles. The van der Waals surface area contributed by atoms with Gasteiger partial charge in [0.25, 0.3) is 8.53 Å². The number of nitrogens with one attached hydrogen (secondary N) is 7. The molecule has 0 aromatic heterocycles. The summed E-state index contributed by atoms with van der Waals surface area (Å²) in [5, 5.41) is 28.3. The summed E-state index contributed by atoms with van der Waals surface area (Å²) in [6, 6.07) is -2.83. The molecule has 47 heteroatoms. The van der Waals surface area contributed by atoms with Crippen molar-refractivity contribution < 1.29 is 171 Å². The lowest BCUT2D eigenvalue weighted by Crippen LogP contribution is -2.66. The summed E-state index contributed by atoms with van der Waals surface area (Å²) < 4.78 is 117. The molecule has 3 heterocycles. The number of unbranched alkanes of at least 4 members (excludes halogenated alkanes) is 1. The van der Waals surface area contributed by atoms with Crippen LogP contribution in [0, 0.1) is 17.2 Å². The van der Waals surface area contributed by atoms with Crippen LogP contribution in [0.5, 0.6) is 0 Å². The van der Waals surface area contributed by atoms with E-state index in [1.807, 2.05) is 27.7 Å². The molecule has 1 aliphatic carbocycles. The Balaban J connectivity index is 1.60. The lowest BCUT2D eigenvalue weighted by atomic mass is 9.87. The maximum absolute atomic E-state index is 14.8. The molecule has 720 valence electrons. The second-order valence-corrected chi connectivity index (χ2v) is 31.8. The summed E-state index contributed by atoms with van der Waals surface area (Å²) in [5.74, 6) is -11.5. The van der Waals surface area contributed by atoms with E-state index < -0.39 is 229 Å². The van der Waals surface area contributed by atoms with Gasteiger partial charge in [0.15, 0.2) is 55.5 Å². The maximum atomic E-state index is 14.8. The number of carbonyl (C=O) groups excluding carboxylic acids is 16. The Morgan fingerprint density at radius 2 is 0.756 bits per heavy atom. The molecule has 7 N–H and O–H groups in total. The zero-order valence-electron chi connectivity index (χ0n) is 75.1. The lowest BCUT2D eigenvalue weighted by molar-refractivity contribution is -0.279. The molecule has 0 bridgehead atoms. The molecule has 4 aliphatic rings. The molecule has 46 nitrogen and oxygen atoms in total. The van der Waals surface area contributed by atoms with E-state index in [0.717, 1.165) is 62.3 Å². The normalized spacial score (nSPS) is 24.4. The van der Waals surface area contributed by atoms with Crippen LogP contribution in [-0.2, 0) is 171 Å². The van der Waals surface area contributed by atoms with Crippen LogP contribution in [0.15, 0.2) is 0 Å². The average Bonchev–Trinajstić information content (AvgIpc) is 0.794. The van der Waals surface area contributed by atoms with Crippen molar-refractivity contribution in [3.8, 4) is 6.07 Å². The van der Waals surface area contributed by atoms with Gasteiger partial charge in [-0.25, -0.2) is 4.67 Å². The summed E-state index contributed by atoms with van der Waals surface area (Å²) in [7, 11) is -1.51. The van der Waals surface area contributed by atoms with Gasteiger partial charge in [0.05, 0.1) is 104 Å². The monoisotopic (exact) mass is 1840 g/mol. The third-order valence-electron chi connectivity index (χ3n) is 19.0. The van der Waals surface area contributed by atoms with Crippen molar-refractivity contribution in [3.05, 3.63) is 0 Å². The Hall–Kier alpha value is -9.08. The van der Waals surface area contributed by atoms with Crippen molar-refractivity contribution in [1.29, 1.82) is 5.26 Å². The zero-order valence-corrected chi connectivity index (χ0v) is 76.0. The lowest BCUT2D eigenvalue weighted by Gasteiger charge is -2.44. The van der Waals surface area contributed by atoms with Crippen molar-refractivity contribution in [2.75, 3.05) is 125 Å². The predicted molar refractivity (Wildman–Crippen MR) is 436 cm³/mol. The van der Waals surface area contributed by atoms with Gasteiger partial charge in [-0.1, -0.05) is 0 Å². The third kappa shape index (κ3) is 42.4. The van der Waals surface area contributed by atoms with E-state index in [2.05, 4.69) is 48.0 Å². The van der Waals surface area contributed by atoms with E-state index in [1.165, 1.54) is 25.7 Å². The smallest absolute Gasteiger partial charge is 0.303 e. The minimum absolute atomic E-state index is 0.00908. The van der Waals surface area contributed by atoms with Gasteiger partial charge in [-0.2, -0.15) is 5.26 Å². The van der Waals surface area contributed by atoms with E-state index >= 15 is 0 Å². The first kappa shape index (κ1) is 110. The number of esters is 9. The molecule has 0 radical (unpaired) electrons. The summed E-state index contributed by atoms with van der Waals surface area (Å²) in [4.78, 5) is 206. The molecule has 7 amide bonds. The zero-order chi connectivity index (χ0) is 94.4. The predicted octanol–water partition coefficient (Wildman–Crippen LogP) is -0.789. The number of amides is 7. The molecule has 17 unspecified atom stereocenters. The molecule has 3 aliphatic heterocycles. The van der Waals surface area contributed by atoms with Crippen LogP contribution in [0.1, 0.15) is 162 Å². The van der Waals surface area contributed by atoms with E-state index in [0.29, 0.717) is 32.1 Å². The first-order valence-electron chi connectivity index (χ1n) is 42.1. The molecule has 1 saturated carbocycles. The number of hydrogen-bond acceptors (Lipinski definition) is 39. The first-order chi connectivity index (χ1) is 60.2. The Morgan fingerprint density at radius 3 is 1.08 bits per heavy atom. The van der Waals surface area contributed by atoms with Gasteiger partial charge >= 0.3 is 53.7 Å². The molecule has 127 heavy (non-hydrogen) atoms. The molecule has 0 spiro atoms. The van der Waals surface area contributed by atoms with Crippen molar-refractivity contribution in [2.45, 2.75) is 278 Å². The van der Waals surface area contributed by atoms with Gasteiger partial charge in [0.2, 0.25) is 41.4 Å². The highest BCUT2D eigenvalue weighted by molar-refractivity contribution is 7.44. The highest BCUT2D eigenvalue weighted by atomic mass is 31.2. The molecule has 4 fully saturated rings. The van der Waals surface area contributed by atoms with Crippen molar-refractivity contribution in [1.82, 2.24) is 46.8 Å². The third-order valence-corrected chi connectivity index (χ3v) is 21.2. The Morgan fingerprint density at radius 1 is 0.409 bits per heavy atom. The fraction of sp³-hybridized carbons (Fsp3) is 0.787. The summed E-state index contributed by atoms with van der Waals surface area (Å²) in [6.45, 7) is 17.0. The van der Waals surface area contributed by atoms with Gasteiger partial charge in [0, 0.05) is 127 Å². The van der Waals surface area contributed by atoms with E-state index in [-0.39, 0.29) is 142 Å². The van der Waals surface area contributed by atoms with Crippen LogP contribution in [0.4, 0.5) is 0 Å². The quantitative estimate of drug-likeness (QED) is 0.0170. The second-order valence-electron chi connectivity index (χ2n) is 30.4. The maximum Gasteiger partial charge on any atom is 0.303 e. The number of ether oxygens (including phenoxy) is 18. The summed E-state index contributed by atoms with van der Waals surface area (Å²) in [6.07, 6.45) is -13.7. The minimum atomic E-state index is -1.51. The van der Waals surface area contributed by atoms with Gasteiger partial charge in [-0.15, -0.1) is 0 Å².